The first kappa shape index (κ1) is 15.7. The second-order valence-corrected chi connectivity index (χ2v) is 5.13. The Morgan fingerprint density at radius 1 is 1.39 bits per heavy atom. The second-order valence-electron chi connectivity index (χ2n) is 5.13. The zero-order valence-corrected chi connectivity index (χ0v) is 12.2. The van der Waals surface area contributed by atoms with Gasteiger partial charge in [-0.1, -0.05) is 12.5 Å². The van der Waals surface area contributed by atoms with Gasteiger partial charge in [0.05, 0.1) is 13.2 Å². The molecule has 0 aromatic heterocycles. The Balaban J connectivity index is 0.00000162. The van der Waals surface area contributed by atoms with Crippen LogP contribution in [0.4, 0.5) is 0 Å². The van der Waals surface area contributed by atoms with Gasteiger partial charge in [0.25, 0.3) is 0 Å². The molecule has 104 valence electrons. The topological polar surface area (TPSA) is 29.5 Å². The molecule has 0 aromatic rings. The number of allylic oxidation sites excluding steroid dienone is 2. The minimum Gasteiger partial charge on any atom is -0.379 e. The Labute approximate surface area is 116 Å². The lowest BCUT2D eigenvalue weighted by atomic mass is 10.0. The highest BCUT2D eigenvalue weighted by atomic mass is 35.5. The van der Waals surface area contributed by atoms with Crippen LogP contribution in [-0.4, -0.2) is 43.5 Å². The maximum absolute atomic E-state index is 12.3. The van der Waals surface area contributed by atoms with Gasteiger partial charge in [0.1, 0.15) is 0 Å². The van der Waals surface area contributed by atoms with Crippen molar-refractivity contribution in [1.82, 2.24) is 4.90 Å². The number of carbonyl (C=O) groups excluding carboxylic acids is 1. The number of nitrogens with zero attached hydrogens (tertiary/aromatic N) is 1. The number of ketones is 1. The number of rotatable bonds is 3. The molecule has 4 heteroatoms. The van der Waals surface area contributed by atoms with Crippen LogP contribution in [0.1, 0.15) is 33.1 Å². The first-order valence-electron chi connectivity index (χ1n) is 6.75. The summed E-state index contributed by atoms with van der Waals surface area (Å²) < 4.78 is 5.33. The molecule has 0 N–H and O–H groups in total. The fourth-order valence-corrected chi connectivity index (χ4v) is 2.73. The zero-order valence-electron chi connectivity index (χ0n) is 11.4. The van der Waals surface area contributed by atoms with Crippen molar-refractivity contribution in [2.45, 2.75) is 33.1 Å². The van der Waals surface area contributed by atoms with E-state index in [-0.39, 0.29) is 18.3 Å². The van der Waals surface area contributed by atoms with Gasteiger partial charge in [-0.25, -0.2) is 0 Å². The summed E-state index contributed by atoms with van der Waals surface area (Å²) in [5.41, 5.74) is 2.41. The van der Waals surface area contributed by atoms with Gasteiger partial charge in [-0.05, 0) is 31.8 Å². The molecule has 2 rings (SSSR count). The van der Waals surface area contributed by atoms with E-state index in [1.54, 1.807) is 0 Å². The molecule has 2 fully saturated rings. The van der Waals surface area contributed by atoms with Crippen molar-refractivity contribution in [3.8, 4) is 0 Å². The molecular formula is C14H24ClNO2. The van der Waals surface area contributed by atoms with E-state index in [0.717, 1.165) is 57.7 Å². The molecule has 3 nitrogen and oxygen atoms in total. The molecule has 1 aliphatic carbocycles. The molecule has 18 heavy (non-hydrogen) atoms. The number of carbonyl (C=O) groups is 1. The predicted octanol–water partition coefficient (Wildman–Crippen LogP) is 2.45. The third-order valence-corrected chi connectivity index (χ3v) is 4.04. The summed E-state index contributed by atoms with van der Waals surface area (Å²) in [6.07, 6.45) is 3.04. The number of Topliss-reactive ketones (excluding diaryl/α,β-unsaturated/α-hetero) is 1. The number of hydrogen-bond acceptors (Lipinski definition) is 3. The molecule has 0 amide bonds. The van der Waals surface area contributed by atoms with E-state index in [0.29, 0.717) is 5.78 Å². The first-order chi connectivity index (χ1) is 8.22. The van der Waals surface area contributed by atoms with E-state index >= 15 is 0 Å². The van der Waals surface area contributed by atoms with Crippen molar-refractivity contribution in [3.63, 3.8) is 0 Å². The molecule has 1 atom stereocenters. The van der Waals surface area contributed by atoms with Crippen molar-refractivity contribution in [3.05, 3.63) is 11.1 Å². The molecule has 0 bridgehead atoms. The minimum absolute atomic E-state index is 0. The molecule has 0 spiro atoms. The number of hydrogen-bond donors (Lipinski definition) is 0. The van der Waals surface area contributed by atoms with Crippen LogP contribution in [0, 0.1) is 5.92 Å². The zero-order chi connectivity index (χ0) is 12.3. The van der Waals surface area contributed by atoms with Gasteiger partial charge >= 0.3 is 0 Å². The van der Waals surface area contributed by atoms with Crippen LogP contribution in [0.15, 0.2) is 11.1 Å². The lowest BCUT2D eigenvalue weighted by molar-refractivity contribution is -0.118. The van der Waals surface area contributed by atoms with Gasteiger partial charge in [0.2, 0.25) is 0 Å². The average Bonchev–Trinajstić information content (AvgIpc) is 2.72. The molecule has 1 saturated carbocycles. The van der Waals surface area contributed by atoms with E-state index < -0.39 is 0 Å². The van der Waals surface area contributed by atoms with E-state index in [1.165, 1.54) is 5.57 Å². The van der Waals surface area contributed by atoms with E-state index in [1.807, 2.05) is 0 Å². The van der Waals surface area contributed by atoms with Crippen molar-refractivity contribution in [1.29, 1.82) is 0 Å². The van der Waals surface area contributed by atoms with Crippen LogP contribution >= 0.6 is 12.4 Å². The lowest BCUT2D eigenvalue weighted by Crippen LogP contribution is -2.40. The molecule has 1 heterocycles. The Hall–Kier alpha value is -0.380. The molecular weight excluding hydrogens is 250 g/mol. The summed E-state index contributed by atoms with van der Waals surface area (Å²) >= 11 is 0. The third-order valence-electron chi connectivity index (χ3n) is 4.04. The predicted molar refractivity (Wildman–Crippen MR) is 75.2 cm³/mol. The molecule has 0 radical (unpaired) electrons. The van der Waals surface area contributed by atoms with Crippen LogP contribution in [0.2, 0.25) is 0 Å². The van der Waals surface area contributed by atoms with Crippen LogP contribution in [-0.2, 0) is 9.53 Å². The largest absolute Gasteiger partial charge is 0.379 e. The van der Waals surface area contributed by atoms with Gasteiger partial charge in [-0.15, -0.1) is 12.4 Å². The van der Waals surface area contributed by atoms with Gasteiger partial charge in [0, 0.05) is 25.6 Å². The van der Waals surface area contributed by atoms with E-state index in [2.05, 4.69) is 18.7 Å². The highest BCUT2D eigenvalue weighted by Crippen LogP contribution is 2.30. The van der Waals surface area contributed by atoms with Gasteiger partial charge in [-0.3, -0.25) is 9.69 Å². The van der Waals surface area contributed by atoms with Crippen LogP contribution in [0.5, 0.6) is 0 Å². The van der Waals surface area contributed by atoms with Crippen molar-refractivity contribution in [2.75, 3.05) is 32.8 Å². The Morgan fingerprint density at radius 2 is 2.06 bits per heavy atom. The summed E-state index contributed by atoms with van der Waals surface area (Å²) in [7, 11) is 0. The quantitative estimate of drug-likeness (QED) is 0.740. The highest BCUT2D eigenvalue weighted by Gasteiger charge is 2.31. The molecule has 1 saturated heterocycles. The van der Waals surface area contributed by atoms with Gasteiger partial charge in [0.15, 0.2) is 5.78 Å². The van der Waals surface area contributed by atoms with Gasteiger partial charge in [-0.2, -0.15) is 0 Å². The standard InChI is InChI=1S/C14H23NO2.ClH/c1-3-11(2)13-5-4-12(14(13)16)10-15-6-8-17-9-7-15;/h12H,3-10H2,1-2H3;1H. The van der Waals surface area contributed by atoms with Gasteiger partial charge < -0.3 is 4.74 Å². The Bertz CT molecular complexity index is 322. The van der Waals surface area contributed by atoms with E-state index in [9.17, 15) is 4.79 Å². The SMILES string of the molecule is CCC(C)=C1CCC(CN2CCOCC2)C1=O.Cl. The minimum atomic E-state index is 0. The van der Waals surface area contributed by atoms with Crippen LogP contribution < -0.4 is 0 Å². The second kappa shape index (κ2) is 7.27. The maximum atomic E-state index is 12.3. The molecule has 0 aromatic carbocycles. The fraction of sp³-hybridized carbons (Fsp3) is 0.786. The van der Waals surface area contributed by atoms with Crippen LogP contribution in [0.25, 0.3) is 0 Å². The van der Waals surface area contributed by atoms with Crippen molar-refractivity contribution < 1.29 is 9.53 Å². The van der Waals surface area contributed by atoms with Crippen LogP contribution in [0.3, 0.4) is 0 Å². The summed E-state index contributed by atoms with van der Waals surface area (Å²) in [6.45, 7) is 8.76. The average molecular weight is 274 g/mol. The smallest absolute Gasteiger partial charge is 0.163 e. The monoisotopic (exact) mass is 273 g/mol. The third kappa shape index (κ3) is 3.56. The van der Waals surface area contributed by atoms with Crippen molar-refractivity contribution >= 4 is 18.2 Å². The fourth-order valence-electron chi connectivity index (χ4n) is 2.73. The normalized spacial score (nSPS) is 28.1. The number of ether oxygens (including phenoxy) is 1. The maximum Gasteiger partial charge on any atom is 0.163 e. The lowest BCUT2D eigenvalue weighted by Gasteiger charge is -2.28. The number of halogens is 1. The van der Waals surface area contributed by atoms with E-state index in [4.69, 9.17) is 4.74 Å². The number of morpholine rings is 1. The highest BCUT2D eigenvalue weighted by molar-refractivity contribution is 6.00. The summed E-state index contributed by atoms with van der Waals surface area (Å²) in [5.74, 6) is 0.653. The molecule has 1 aliphatic heterocycles. The summed E-state index contributed by atoms with van der Waals surface area (Å²) in [5, 5.41) is 0. The summed E-state index contributed by atoms with van der Waals surface area (Å²) in [6, 6.07) is 0. The Morgan fingerprint density at radius 3 is 2.67 bits per heavy atom. The first-order valence-corrected chi connectivity index (χ1v) is 6.75. The van der Waals surface area contributed by atoms with Crippen molar-refractivity contribution in [2.24, 2.45) is 5.92 Å². The Kier molecular flexibility index (Phi) is 6.33. The summed E-state index contributed by atoms with van der Waals surface area (Å²) in [4.78, 5) is 14.6. The molecule has 2 aliphatic rings. The molecule has 1 unspecified atom stereocenters.